The highest BCUT2D eigenvalue weighted by atomic mass is 127. The van der Waals surface area contributed by atoms with Crippen molar-refractivity contribution in [2.24, 2.45) is 0 Å². The van der Waals surface area contributed by atoms with Crippen molar-refractivity contribution in [3.63, 3.8) is 0 Å². The number of para-hydroxylation sites is 1. The van der Waals surface area contributed by atoms with E-state index in [9.17, 15) is 9.18 Å². The molecule has 2 rings (SSSR count). The van der Waals surface area contributed by atoms with Gasteiger partial charge in [0.2, 0.25) is 0 Å². The van der Waals surface area contributed by atoms with E-state index in [1.165, 1.54) is 6.07 Å². The Bertz CT molecular complexity index is 763. The molecule has 0 aromatic heterocycles. The van der Waals surface area contributed by atoms with E-state index in [-0.39, 0.29) is 11.6 Å². The second-order valence-corrected chi connectivity index (χ2v) is 7.28. The van der Waals surface area contributed by atoms with Gasteiger partial charge in [-0.25, -0.2) is 4.39 Å². The largest absolute Gasteiger partial charge is 0.352 e. The molecule has 2 aromatic rings. The average molecular weight is 469 g/mol. The van der Waals surface area contributed by atoms with Crippen molar-refractivity contribution in [3.8, 4) is 0 Å². The molecule has 0 atom stereocenters. The maximum atomic E-state index is 14.4. The number of nitrogens with zero attached hydrogens (tertiary/aromatic N) is 1. The minimum Gasteiger partial charge on any atom is -0.352 e. The van der Waals surface area contributed by atoms with Crippen LogP contribution in [0.2, 0.25) is 0 Å². The third-order valence-electron chi connectivity index (χ3n) is 4.31. The Morgan fingerprint density at radius 3 is 2.58 bits per heavy atom. The highest BCUT2D eigenvalue weighted by Gasteiger charge is 2.16. The Morgan fingerprint density at radius 1 is 1.19 bits per heavy atom. The molecule has 0 aliphatic carbocycles. The molecule has 0 bridgehead atoms. The molecule has 0 saturated carbocycles. The number of rotatable bonds is 8. The van der Waals surface area contributed by atoms with Gasteiger partial charge in [-0.3, -0.25) is 4.79 Å². The Morgan fingerprint density at radius 2 is 1.92 bits per heavy atom. The van der Waals surface area contributed by atoms with Crippen molar-refractivity contribution in [1.82, 2.24) is 10.2 Å². The maximum absolute atomic E-state index is 14.4. The molecule has 0 fully saturated rings. The fraction of sp³-hybridized carbons (Fsp3) is 0.350. The van der Waals surface area contributed by atoms with E-state index in [0.29, 0.717) is 12.1 Å². The summed E-state index contributed by atoms with van der Waals surface area (Å²) in [7, 11) is 0. The van der Waals surface area contributed by atoms with Crippen molar-refractivity contribution < 1.29 is 9.18 Å². The van der Waals surface area contributed by atoms with Crippen LogP contribution in [-0.4, -0.2) is 37.0 Å². The summed E-state index contributed by atoms with van der Waals surface area (Å²) in [6.07, 6.45) is 0. The number of benzene rings is 2. The monoisotopic (exact) mass is 469 g/mol. The van der Waals surface area contributed by atoms with E-state index in [1.807, 2.05) is 25.1 Å². The first kappa shape index (κ1) is 20.6. The Hall–Kier alpha value is -1.67. The van der Waals surface area contributed by atoms with Crippen molar-refractivity contribution in [3.05, 3.63) is 56.9 Å². The van der Waals surface area contributed by atoms with E-state index in [2.05, 4.69) is 52.0 Å². The van der Waals surface area contributed by atoms with Crippen molar-refractivity contribution >= 4 is 39.9 Å². The van der Waals surface area contributed by atoms with Crippen LogP contribution in [0.5, 0.6) is 0 Å². The van der Waals surface area contributed by atoms with Gasteiger partial charge >= 0.3 is 0 Å². The van der Waals surface area contributed by atoms with Crippen molar-refractivity contribution in [1.29, 1.82) is 0 Å². The quantitative estimate of drug-likeness (QED) is 0.558. The van der Waals surface area contributed by atoms with Crippen LogP contribution in [0.4, 0.5) is 15.8 Å². The van der Waals surface area contributed by atoms with E-state index in [4.69, 9.17) is 0 Å². The highest BCUT2D eigenvalue weighted by Crippen LogP contribution is 2.27. The molecular formula is C20H25FIN3O. The number of hydrogen-bond donors (Lipinski definition) is 2. The molecule has 0 radical (unpaired) electrons. The summed E-state index contributed by atoms with van der Waals surface area (Å²) in [5, 5.41) is 5.98. The van der Waals surface area contributed by atoms with E-state index >= 15 is 0 Å². The van der Waals surface area contributed by atoms with E-state index < -0.39 is 5.82 Å². The first-order valence-corrected chi connectivity index (χ1v) is 9.86. The van der Waals surface area contributed by atoms with Gasteiger partial charge in [-0.15, -0.1) is 0 Å². The highest BCUT2D eigenvalue weighted by molar-refractivity contribution is 14.1. The van der Waals surface area contributed by atoms with Crippen molar-refractivity contribution in [2.75, 3.05) is 31.5 Å². The molecule has 6 heteroatoms. The number of nitrogens with one attached hydrogen (secondary N) is 2. The van der Waals surface area contributed by atoms with Crippen LogP contribution in [0, 0.1) is 16.3 Å². The van der Waals surface area contributed by atoms with Crippen LogP contribution in [0.1, 0.15) is 29.8 Å². The molecule has 2 aromatic carbocycles. The first-order valence-electron chi connectivity index (χ1n) is 8.78. The van der Waals surface area contributed by atoms with Crippen LogP contribution in [-0.2, 0) is 0 Å². The van der Waals surface area contributed by atoms with Gasteiger partial charge in [0.15, 0.2) is 0 Å². The molecule has 140 valence electrons. The normalized spacial score (nSPS) is 10.8. The smallest absolute Gasteiger partial charge is 0.253 e. The molecule has 2 N–H and O–H groups in total. The Balaban J connectivity index is 2.16. The number of halogens is 2. The second kappa shape index (κ2) is 9.87. The fourth-order valence-electron chi connectivity index (χ4n) is 2.71. The standard InChI is InChI=1S/C20H25FIN3O/c1-4-25(5-2)12-11-23-20(26)16-7-6-8-17(21)19(16)24-18-10-9-15(22)13-14(18)3/h6-10,13,24H,4-5,11-12H2,1-3H3,(H,23,26). The number of carbonyl (C=O) groups is 1. The zero-order valence-corrected chi connectivity index (χ0v) is 17.6. The molecule has 26 heavy (non-hydrogen) atoms. The summed E-state index contributed by atoms with van der Waals surface area (Å²) in [6.45, 7) is 9.30. The van der Waals surface area contributed by atoms with Gasteiger partial charge in [-0.2, -0.15) is 0 Å². The Kier molecular flexibility index (Phi) is 7.84. The zero-order chi connectivity index (χ0) is 19.1. The molecule has 1 amide bonds. The second-order valence-electron chi connectivity index (χ2n) is 6.03. The molecule has 0 heterocycles. The van der Waals surface area contributed by atoms with Gasteiger partial charge in [0.25, 0.3) is 5.91 Å². The third-order valence-corrected chi connectivity index (χ3v) is 4.99. The van der Waals surface area contributed by atoms with Gasteiger partial charge in [-0.1, -0.05) is 19.9 Å². The van der Waals surface area contributed by atoms with Gasteiger partial charge < -0.3 is 15.5 Å². The predicted molar refractivity (Wildman–Crippen MR) is 114 cm³/mol. The summed E-state index contributed by atoms with van der Waals surface area (Å²) in [6, 6.07) is 10.4. The summed E-state index contributed by atoms with van der Waals surface area (Å²) in [5.74, 6) is -0.721. The lowest BCUT2D eigenvalue weighted by molar-refractivity contribution is 0.0949. The molecule has 0 unspecified atom stereocenters. The number of hydrogen-bond acceptors (Lipinski definition) is 3. The first-order chi connectivity index (χ1) is 12.5. The Labute approximate surface area is 168 Å². The summed E-state index contributed by atoms with van der Waals surface area (Å²) in [4.78, 5) is 14.8. The average Bonchev–Trinajstić information content (AvgIpc) is 2.62. The number of aryl methyl sites for hydroxylation is 1. The lowest BCUT2D eigenvalue weighted by atomic mass is 10.1. The number of amides is 1. The van der Waals surface area contributed by atoms with Gasteiger partial charge in [0.05, 0.1) is 11.3 Å². The van der Waals surface area contributed by atoms with Gasteiger partial charge in [-0.05, 0) is 78.5 Å². The molecular weight excluding hydrogens is 444 g/mol. The number of anilines is 2. The van der Waals surface area contributed by atoms with Gasteiger partial charge in [0, 0.05) is 22.3 Å². The number of carbonyl (C=O) groups excluding carboxylic acids is 1. The number of likely N-dealkylation sites (N-methyl/N-ethyl adjacent to an activating group) is 1. The molecule has 0 aliphatic rings. The van der Waals surface area contributed by atoms with Crippen LogP contribution in [0.25, 0.3) is 0 Å². The predicted octanol–water partition coefficient (Wildman–Crippen LogP) is 4.55. The third kappa shape index (κ3) is 5.41. The summed E-state index contributed by atoms with van der Waals surface area (Å²) >= 11 is 2.23. The van der Waals surface area contributed by atoms with E-state index in [0.717, 1.165) is 34.5 Å². The minimum atomic E-state index is -0.445. The lowest BCUT2D eigenvalue weighted by Gasteiger charge is -2.19. The van der Waals surface area contributed by atoms with Crippen LogP contribution in [0.15, 0.2) is 36.4 Å². The van der Waals surface area contributed by atoms with Crippen LogP contribution < -0.4 is 10.6 Å². The molecule has 4 nitrogen and oxygen atoms in total. The minimum absolute atomic E-state index is 0.206. The van der Waals surface area contributed by atoms with Gasteiger partial charge in [0.1, 0.15) is 5.82 Å². The molecule has 0 aliphatic heterocycles. The lowest BCUT2D eigenvalue weighted by Crippen LogP contribution is -2.35. The topological polar surface area (TPSA) is 44.4 Å². The summed E-state index contributed by atoms with van der Waals surface area (Å²) < 4.78 is 15.5. The van der Waals surface area contributed by atoms with Crippen LogP contribution >= 0.6 is 22.6 Å². The summed E-state index contributed by atoms with van der Waals surface area (Å²) in [5.41, 5.74) is 2.29. The molecule has 0 saturated heterocycles. The maximum Gasteiger partial charge on any atom is 0.253 e. The molecule has 0 spiro atoms. The SMILES string of the molecule is CCN(CC)CCNC(=O)c1cccc(F)c1Nc1ccc(I)cc1C. The fourth-order valence-corrected chi connectivity index (χ4v) is 3.35. The van der Waals surface area contributed by atoms with Crippen LogP contribution in [0.3, 0.4) is 0 Å². The van der Waals surface area contributed by atoms with E-state index in [1.54, 1.807) is 12.1 Å². The van der Waals surface area contributed by atoms with Crippen molar-refractivity contribution in [2.45, 2.75) is 20.8 Å². The zero-order valence-electron chi connectivity index (χ0n) is 15.4.